The molecule has 0 heterocycles. The minimum Gasteiger partial charge on any atom is -0.508 e. The fourth-order valence-electron chi connectivity index (χ4n) is 1.58. The third-order valence-corrected chi connectivity index (χ3v) is 2.87. The number of phenols is 1. The lowest BCUT2D eigenvalue weighted by Gasteiger charge is -2.14. The van der Waals surface area contributed by atoms with E-state index < -0.39 is 12.2 Å². The van der Waals surface area contributed by atoms with Gasteiger partial charge in [-0.25, -0.2) is 0 Å². The molecule has 0 saturated carbocycles. The van der Waals surface area contributed by atoms with Crippen LogP contribution in [0.2, 0.25) is 0 Å². The Labute approximate surface area is 123 Å². The van der Waals surface area contributed by atoms with Gasteiger partial charge < -0.3 is 24.8 Å². The number of aliphatic hydroxyl groups excluding tert-OH is 2. The monoisotopic (exact) mass is 290 g/mol. The average Bonchev–Trinajstić information content (AvgIpc) is 2.48. The molecule has 0 spiro atoms. The molecule has 2 unspecified atom stereocenters. The molecule has 3 N–H and O–H groups in total. The van der Waals surface area contributed by atoms with Crippen molar-refractivity contribution in [3.05, 3.63) is 48.5 Å². The highest BCUT2D eigenvalue weighted by molar-refractivity contribution is 5.37. The van der Waals surface area contributed by atoms with Crippen molar-refractivity contribution in [3.63, 3.8) is 0 Å². The van der Waals surface area contributed by atoms with Gasteiger partial charge in [0.15, 0.2) is 0 Å². The SMILES string of the molecule is CC(O)C(O)COc1ccc(Oc2ccc(O)cc2)cc1. The summed E-state index contributed by atoms with van der Waals surface area (Å²) < 4.78 is 10.9. The number of aromatic hydroxyl groups is 1. The highest BCUT2D eigenvalue weighted by Gasteiger charge is 2.11. The van der Waals surface area contributed by atoms with E-state index in [0.29, 0.717) is 17.2 Å². The predicted octanol–water partition coefficient (Wildman–Crippen LogP) is 2.30. The highest BCUT2D eigenvalue weighted by atomic mass is 16.5. The van der Waals surface area contributed by atoms with Crippen molar-refractivity contribution in [1.29, 1.82) is 0 Å². The van der Waals surface area contributed by atoms with Crippen molar-refractivity contribution >= 4 is 0 Å². The summed E-state index contributed by atoms with van der Waals surface area (Å²) in [6, 6.07) is 13.3. The Hall–Kier alpha value is -2.24. The molecule has 0 aliphatic heterocycles. The van der Waals surface area contributed by atoms with Crippen LogP contribution in [0.3, 0.4) is 0 Å². The molecule has 21 heavy (non-hydrogen) atoms. The summed E-state index contributed by atoms with van der Waals surface area (Å²) >= 11 is 0. The first-order valence-electron chi connectivity index (χ1n) is 6.60. The van der Waals surface area contributed by atoms with Crippen LogP contribution >= 0.6 is 0 Å². The molecule has 0 aliphatic rings. The van der Waals surface area contributed by atoms with E-state index in [-0.39, 0.29) is 12.4 Å². The van der Waals surface area contributed by atoms with Gasteiger partial charge in [0.25, 0.3) is 0 Å². The van der Waals surface area contributed by atoms with Crippen LogP contribution in [0, 0.1) is 0 Å². The fraction of sp³-hybridized carbons (Fsp3) is 0.250. The zero-order valence-corrected chi connectivity index (χ0v) is 11.6. The minimum absolute atomic E-state index is 0.0236. The molecule has 2 rings (SSSR count). The molecule has 0 amide bonds. The molecule has 5 heteroatoms. The summed E-state index contributed by atoms with van der Waals surface area (Å²) in [5.41, 5.74) is 0. The molecule has 0 bridgehead atoms. The van der Waals surface area contributed by atoms with E-state index in [1.165, 1.54) is 6.92 Å². The van der Waals surface area contributed by atoms with Crippen LogP contribution in [0.4, 0.5) is 0 Å². The summed E-state index contributed by atoms with van der Waals surface area (Å²) in [6.45, 7) is 1.53. The standard InChI is InChI=1S/C16H18O5/c1-11(17)16(19)10-20-13-6-8-15(9-7-13)21-14-4-2-12(18)3-5-14/h2-9,11,16-19H,10H2,1H3. The van der Waals surface area contributed by atoms with Gasteiger partial charge in [-0.1, -0.05) is 0 Å². The summed E-state index contributed by atoms with van der Waals surface area (Å²) in [5.74, 6) is 2.01. The van der Waals surface area contributed by atoms with E-state index in [1.54, 1.807) is 48.5 Å². The van der Waals surface area contributed by atoms with Crippen LogP contribution < -0.4 is 9.47 Å². The van der Waals surface area contributed by atoms with Crippen molar-refractivity contribution in [2.75, 3.05) is 6.61 Å². The van der Waals surface area contributed by atoms with Crippen LogP contribution in [0.5, 0.6) is 23.0 Å². The Morgan fingerprint density at radius 2 is 1.33 bits per heavy atom. The third-order valence-electron chi connectivity index (χ3n) is 2.87. The van der Waals surface area contributed by atoms with E-state index in [1.807, 2.05) is 0 Å². The lowest BCUT2D eigenvalue weighted by atomic mass is 10.2. The second-order valence-electron chi connectivity index (χ2n) is 4.69. The first-order valence-corrected chi connectivity index (χ1v) is 6.60. The average molecular weight is 290 g/mol. The molecular weight excluding hydrogens is 272 g/mol. The van der Waals surface area contributed by atoms with Crippen molar-refractivity contribution in [2.45, 2.75) is 19.1 Å². The van der Waals surface area contributed by atoms with Crippen molar-refractivity contribution in [2.24, 2.45) is 0 Å². The van der Waals surface area contributed by atoms with Crippen molar-refractivity contribution < 1.29 is 24.8 Å². The van der Waals surface area contributed by atoms with Gasteiger partial charge in [-0.05, 0) is 55.5 Å². The topological polar surface area (TPSA) is 79.2 Å². The Kier molecular flexibility index (Phi) is 5.03. The van der Waals surface area contributed by atoms with Gasteiger partial charge in [0.2, 0.25) is 0 Å². The lowest BCUT2D eigenvalue weighted by Crippen LogP contribution is -2.29. The zero-order valence-electron chi connectivity index (χ0n) is 11.6. The maximum atomic E-state index is 9.44. The summed E-state index contributed by atoms with van der Waals surface area (Å²) in [4.78, 5) is 0. The minimum atomic E-state index is -0.919. The number of benzene rings is 2. The van der Waals surface area contributed by atoms with Crippen LogP contribution in [0.25, 0.3) is 0 Å². The van der Waals surface area contributed by atoms with E-state index in [9.17, 15) is 10.2 Å². The maximum Gasteiger partial charge on any atom is 0.127 e. The smallest absolute Gasteiger partial charge is 0.127 e. The third kappa shape index (κ3) is 4.66. The summed E-state index contributed by atoms with van der Waals surface area (Å²) in [6.07, 6.45) is -1.75. The largest absolute Gasteiger partial charge is 0.508 e. The highest BCUT2D eigenvalue weighted by Crippen LogP contribution is 2.25. The van der Waals surface area contributed by atoms with Crippen LogP contribution in [0.1, 0.15) is 6.92 Å². The Morgan fingerprint density at radius 3 is 1.86 bits per heavy atom. The van der Waals surface area contributed by atoms with Gasteiger partial charge in [0.1, 0.15) is 35.7 Å². The molecule has 0 fully saturated rings. The van der Waals surface area contributed by atoms with Gasteiger partial charge >= 0.3 is 0 Å². The van der Waals surface area contributed by atoms with Gasteiger partial charge in [-0.3, -0.25) is 0 Å². The number of rotatable bonds is 6. The van der Waals surface area contributed by atoms with E-state index >= 15 is 0 Å². The van der Waals surface area contributed by atoms with Crippen LogP contribution in [-0.4, -0.2) is 34.1 Å². The normalized spacial score (nSPS) is 13.5. The van der Waals surface area contributed by atoms with Crippen LogP contribution in [0.15, 0.2) is 48.5 Å². The summed E-state index contributed by atoms with van der Waals surface area (Å²) in [5, 5.41) is 27.8. The van der Waals surface area contributed by atoms with Gasteiger partial charge in [-0.2, -0.15) is 0 Å². The zero-order chi connectivity index (χ0) is 15.2. The molecule has 5 nitrogen and oxygen atoms in total. The molecule has 2 aromatic rings. The predicted molar refractivity (Wildman–Crippen MR) is 77.8 cm³/mol. The molecule has 0 aliphatic carbocycles. The quantitative estimate of drug-likeness (QED) is 0.761. The fourth-order valence-corrected chi connectivity index (χ4v) is 1.58. The van der Waals surface area contributed by atoms with Crippen molar-refractivity contribution in [3.8, 4) is 23.0 Å². The lowest BCUT2D eigenvalue weighted by molar-refractivity contribution is 0.00226. The Morgan fingerprint density at radius 1 is 0.857 bits per heavy atom. The number of hydrogen-bond acceptors (Lipinski definition) is 5. The number of aliphatic hydroxyl groups is 2. The second kappa shape index (κ2) is 6.97. The summed E-state index contributed by atoms with van der Waals surface area (Å²) in [7, 11) is 0. The van der Waals surface area contributed by atoms with Crippen molar-refractivity contribution in [1.82, 2.24) is 0 Å². The van der Waals surface area contributed by atoms with E-state index in [4.69, 9.17) is 14.6 Å². The molecule has 2 atom stereocenters. The van der Waals surface area contributed by atoms with E-state index in [2.05, 4.69) is 0 Å². The maximum absolute atomic E-state index is 9.44. The molecule has 0 saturated heterocycles. The second-order valence-corrected chi connectivity index (χ2v) is 4.69. The first-order chi connectivity index (χ1) is 10.0. The number of ether oxygens (including phenoxy) is 2. The molecule has 2 aromatic carbocycles. The van der Waals surface area contributed by atoms with Gasteiger partial charge in [0, 0.05) is 0 Å². The molecule has 0 aromatic heterocycles. The van der Waals surface area contributed by atoms with Gasteiger partial charge in [-0.15, -0.1) is 0 Å². The molecule has 112 valence electrons. The molecule has 0 radical (unpaired) electrons. The number of phenolic OH excluding ortho intramolecular Hbond substituents is 1. The van der Waals surface area contributed by atoms with Crippen LogP contribution in [-0.2, 0) is 0 Å². The first kappa shape index (κ1) is 15.2. The van der Waals surface area contributed by atoms with E-state index in [0.717, 1.165) is 0 Å². The number of hydrogen-bond donors (Lipinski definition) is 3. The Bertz CT molecular complexity index is 548. The Balaban J connectivity index is 1.91. The molecular formula is C16H18O5. The van der Waals surface area contributed by atoms with Gasteiger partial charge in [0.05, 0.1) is 6.10 Å².